The predicted octanol–water partition coefficient (Wildman–Crippen LogP) is 5.65. The number of hydrogen-bond acceptors (Lipinski definition) is 4. The number of ether oxygens (including phenoxy) is 1. The number of benzene rings is 3. The molecule has 1 heterocycles. The molecule has 33 heavy (non-hydrogen) atoms. The number of rotatable bonds is 7. The van der Waals surface area contributed by atoms with Crippen LogP contribution in [0.1, 0.15) is 18.1 Å². The van der Waals surface area contributed by atoms with Gasteiger partial charge < -0.3 is 19.4 Å². The number of fused-ring (bicyclic) bond motifs is 2. The molecule has 0 saturated heterocycles. The second-order valence-electron chi connectivity index (χ2n) is 8.56. The third-order valence-electron chi connectivity index (χ3n) is 5.96. The van der Waals surface area contributed by atoms with E-state index < -0.39 is 0 Å². The van der Waals surface area contributed by atoms with Crippen LogP contribution in [0.3, 0.4) is 0 Å². The number of nitrogens with one attached hydrogen (secondary N) is 1. The Bertz CT molecular complexity index is 1340. The van der Waals surface area contributed by atoms with Gasteiger partial charge in [-0.1, -0.05) is 42.5 Å². The summed E-state index contributed by atoms with van der Waals surface area (Å²) in [6, 6.07) is 16.7. The van der Waals surface area contributed by atoms with Gasteiger partial charge in [-0.2, -0.15) is 0 Å². The van der Waals surface area contributed by atoms with Crippen molar-refractivity contribution in [1.82, 2.24) is 10.2 Å². The Morgan fingerprint density at radius 3 is 2.61 bits per heavy atom. The molecule has 170 valence electrons. The average Bonchev–Trinajstić information content (AvgIpc) is 3.22. The molecular formula is C28H30N2O3. The van der Waals surface area contributed by atoms with Crippen LogP contribution in [-0.2, 0) is 4.79 Å². The molecule has 1 N–H and O–H groups in total. The van der Waals surface area contributed by atoms with Crippen molar-refractivity contribution in [2.24, 2.45) is 0 Å². The van der Waals surface area contributed by atoms with Gasteiger partial charge >= 0.3 is 0 Å². The molecule has 0 radical (unpaired) electrons. The van der Waals surface area contributed by atoms with Crippen molar-refractivity contribution in [2.75, 3.05) is 34.3 Å². The van der Waals surface area contributed by atoms with Crippen LogP contribution in [0.2, 0.25) is 0 Å². The summed E-state index contributed by atoms with van der Waals surface area (Å²) in [6.45, 7) is 5.31. The van der Waals surface area contributed by atoms with E-state index in [-0.39, 0.29) is 5.91 Å². The molecule has 0 aliphatic rings. The number of nitrogens with zero attached hydrogens (tertiary/aromatic N) is 1. The number of methoxy groups -OCH3 is 1. The van der Waals surface area contributed by atoms with E-state index in [9.17, 15) is 4.79 Å². The van der Waals surface area contributed by atoms with E-state index >= 15 is 0 Å². The lowest BCUT2D eigenvalue weighted by atomic mass is 9.94. The smallest absolute Gasteiger partial charge is 0.244 e. The van der Waals surface area contributed by atoms with Gasteiger partial charge in [-0.05, 0) is 55.9 Å². The number of aryl methyl sites for hydroxylation is 1. The molecule has 3 aromatic carbocycles. The number of likely N-dealkylation sites (N-methyl/N-ethyl adjacent to an activating group) is 1. The van der Waals surface area contributed by atoms with Crippen molar-refractivity contribution in [1.29, 1.82) is 0 Å². The zero-order valence-electron chi connectivity index (χ0n) is 19.9. The second-order valence-corrected chi connectivity index (χ2v) is 8.56. The third kappa shape index (κ3) is 4.50. The van der Waals surface area contributed by atoms with Crippen LogP contribution in [0.5, 0.6) is 5.75 Å². The molecule has 0 aliphatic carbocycles. The minimum absolute atomic E-state index is 0.115. The third-order valence-corrected chi connectivity index (χ3v) is 5.96. The minimum Gasteiger partial charge on any atom is -0.496 e. The lowest BCUT2D eigenvalue weighted by molar-refractivity contribution is -0.116. The van der Waals surface area contributed by atoms with Crippen LogP contribution in [0, 0.1) is 6.92 Å². The van der Waals surface area contributed by atoms with E-state index in [4.69, 9.17) is 9.15 Å². The Kier molecular flexibility index (Phi) is 6.52. The van der Waals surface area contributed by atoms with Crippen LogP contribution in [0.25, 0.3) is 38.4 Å². The molecule has 4 rings (SSSR count). The Morgan fingerprint density at radius 2 is 1.85 bits per heavy atom. The van der Waals surface area contributed by atoms with Gasteiger partial charge in [0.1, 0.15) is 11.3 Å². The summed E-state index contributed by atoms with van der Waals surface area (Å²) >= 11 is 0. The lowest BCUT2D eigenvalue weighted by Gasteiger charge is -2.14. The van der Waals surface area contributed by atoms with Gasteiger partial charge in [-0.15, -0.1) is 0 Å². The number of hydrogen-bond donors (Lipinski definition) is 1. The molecule has 0 spiro atoms. The van der Waals surface area contributed by atoms with E-state index in [0.717, 1.165) is 51.1 Å². The average molecular weight is 443 g/mol. The highest BCUT2D eigenvalue weighted by Gasteiger charge is 2.19. The monoisotopic (exact) mass is 442 g/mol. The number of carbonyl (C=O) groups excluding carboxylic acids is 1. The SMILES string of the molecule is COc1c(/C(C)=C/C(=O)NCCN(C)C)cc2c(-c3cccc4ccccc34)coc2c1C. The molecule has 0 fully saturated rings. The highest BCUT2D eigenvalue weighted by atomic mass is 16.5. The van der Waals surface area contributed by atoms with Crippen molar-refractivity contribution in [2.45, 2.75) is 13.8 Å². The Labute approximate surface area is 194 Å². The van der Waals surface area contributed by atoms with Crippen molar-refractivity contribution in [3.63, 3.8) is 0 Å². The Balaban J connectivity index is 1.81. The van der Waals surface area contributed by atoms with Gasteiger partial charge in [0.05, 0.1) is 13.4 Å². The van der Waals surface area contributed by atoms with Crippen LogP contribution >= 0.6 is 0 Å². The molecule has 1 aromatic heterocycles. The fraction of sp³-hybridized carbons (Fsp3) is 0.250. The maximum atomic E-state index is 12.5. The largest absolute Gasteiger partial charge is 0.496 e. The first-order valence-corrected chi connectivity index (χ1v) is 11.1. The van der Waals surface area contributed by atoms with Gasteiger partial charge in [0, 0.05) is 41.2 Å². The first-order valence-electron chi connectivity index (χ1n) is 11.1. The van der Waals surface area contributed by atoms with E-state index in [0.29, 0.717) is 6.54 Å². The van der Waals surface area contributed by atoms with E-state index in [1.54, 1.807) is 13.2 Å². The van der Waals surface area contributed by atoms with E-state index in [1.165, 1.54) is 10.8 Å². The zero-order valence-corrected chi connectivity index (χ0v) is 19.9. The minimum atomic E-state index is -0.115. The molecule has 0 unspecified atom stereocenters. The molecular weight excluding hydrogens is 412 g/mol. The fourth-order valence-corrected chi connectivity index (χ4v) is 4.27. The van der Waals surface area contributed by atoms with Crippen molar-refractivity contribution in [3.05, 3.63) is 72.0 Å². The van der Waals surface area contributed by atoms with Gasteiger partial charge in [0.2, 0.25) is 5.91 Å². The van der Waals surface area contributed by atoms with Gasteiger partial charge in [-0.25, -0.2) is 0 Å². The quantitative estimate of drug-likeness (QED) is 0.376. The van der Waals surface area contributed by atoms with Crippen LogP contribution in [0.4, 0.5) is 0 Å². The summed E-state index contributed by atoms with van der Waals surface area (Å²) in [6.07, 6.45) is 3.45. The maximum Gasteiger partial charge on any atom is 0.244 e. The molecule has 5 nitrogen and oxygen atoms in total. The number of furan rings is 1. The highest BCUT2D eigenvalue weighted by molar-refractivity contribution is 6.07. The topological polar surface area (TPSA) is 54.7 Å². The standard InChI is InChI=1S/C28H30N2O3/c1-18(15-26(31)29-13-14-30(3)4)23-16-24-25(17-33-28(24)19(2)27(23)32-5)22-12-8-10-20-9-6-7-11-21(20)22/h6-12,15-17H,13-14H2,1-5H3,(H,29,31)/b18-15+. The molecule has 1 amide bonds. The number of carbonyl (C=O) groups is 1. The summed E-state index contributed by atoms with van der Waals surface area (Å²) in [4.78, 5) is 14.5. The zero-order chi connectivity index (χ0) is 23.5. The molecule has 0 saturated carbocycles. The summed E-state index contributed by atoms with van der Waals surface area (Å²) in [5.41, 5.74) is 5.57. The molecule has 5 heteroatoms. The van der Waals surface area contributed by atoms with Crippen molar-refractivity contribution < 1.29 is 13.9 Å². The lowest BCUT2D eigenvalue weighted by Crippen LogP contribution is -2.30. The summed E-state index contributed by atoms with van der Waals surface area (Å²) in [5.74, 6) is 0.604. The second kappa shape index (κ2) is 9.51. The summed E-state index contributed by atoms with van der Waals surface area (Å²) in [7, 11) is 5.61. The first kappa shape index (κ1) is 22.6. The molecule has 0 bridgehead atoms. The maximum absolute atomic E-state index is 12.5. The predicted molar refractivity (Wildman–Crippen MR) is 136 cm³/mol. The number of allylic oxidation sites excluding steroid dienone is 1. The van der Waals surface area contributed by atoms with Crippen molar-refractivity contribution >= 4 is 33.2 Å². The highest BCUT2D eigenvalue weighted by Crippen LogP contribution is 2.42. The van der Waals surface area contributed by atoms with Crippen molar-refractivity contribution in [3.8, 4) is 16.9 Å². The van der Waals surface area contributed by atoms with E-state index in [1.807, 2.05) is 45.2 Å². The van der Waals surface area contributed by atoms with E-state index in [2.05, 4.69) is 47.8 Å². The number of amides is 1. The first-order chi connectivity index (χ1) is 15.9. The van der Waals surface area contributed by atoms with Gasteiger partial charge in [0.25, 0.3) is 0 Å². The van der Waals surface area contributed by atoms with Crippen LogP contribution < -0.4 is 10.1 Å². The summed E-state index contributed by atoms with van der Waals surface area (Å²) < 4.78 is 11.8. The summed E-state index contributed by atoms with van der Waals surface area (Å²) in [5, 5.41) is 6.29. The molecule has 0 aliphatic heterocycles. The Morgan fingerprint density at radius 1 is 1.09 bits per heavy atom. The molecule has 4 aromatic rings. The van der Waals surface area contributed by atoms with Crippen LogP contribution in [-0.4, -0.2) is 45.1 Å². The molecule has 0 atom stereocenters. The normalized spacial score (nSPS) is 12.0. The fourth-order valence-electron chi connectivity index (χ4n) is 4.27. The Hall–Kier alpha value is -3.57. The van der Waals surface area contributed by atoms with Gasteiger partial charge in [-0.3, -0.25) is 4.79 Å². The van der Waals surface area contributed by atoms with Crippen LogP contribution in [0.15, 0.2) is 65.3 Å². The van der Waals surface area contributed by atoms with Gasteiger partial charge in [0.15, 0.2) is 0 Å².